The van der Waals surface area contributed by atoms with Crippen molar-refractivity contribution in [3.8, 4) is 17.1 Å². The number of nitrogens with zero attached hydrogens (tertiary/aromatic N) is 6. The summed E-state index contributed by atoms with van der Waals surface area (Å²) in [7, 11) is 0. The first-order chi connectivity index (χ1) is 16.4. The van der Waals surface area contributed by atoms with Gasteiger partial charge in [0, 0.05) is 23.5 Å². The maximum atomic E-state index is 13.4. The van der Waals surface area contributed by atoms with Crippen molar-refractivity contribution in [3.05, 3.63) is 87.4 Å². The van der Waals surface area contributed by atoms with E-state index in [-0.39, 0.29) is 27.3 Å². The van der Waals surface area contributed by atoms with Gasteiger partial charge in [0.25, 0.3) is 5.91 Å². The minimum absolute atomic E-state index is 0.145. The van der Waals surface area contributed by atoms with E-state index in [1.807, 2.05) is 13.0 Å². The van der Waals surface area contributed by atoms with Crippen LogP contribution in [0.2, 0.25) is 0 Å². The molecule has 4 aromatic heterocycles. The van der Waals surface area contributed by atoms with Crippen molar-refractivity contribution in [3.63, 3.8) is 0 Å². The van der Waals surface area contributed by atoms with Crippen LogP contribution in [-0.2, 0) is 0 Å². The number of thiophene rings is 1. The zero-order chi connectivity index (χ0) is 23.8. The molecule has 10 nitrogen and oxygen atoms in total. The number of carbonyl (C=O) groups is 1. The van der Waals surface area contributed by atoms with Crippen LogP contribution < -0.4 is 5.32 Å². The molecule has 1 amide bonds. The second kappa shape index (κ2) is 8.41. The molecule has 34 heavy (non-hydrogen) atoms. The maximum absolute atomic E-state index is 13.4. The number of pyridine rings is 1. The lowest BCUT2D eigenvalue weighted by Gasteiger charge is -2.09. The number of nitrogens with one attached hydrogen (secondary N) is 1. The molecule has 5 aromatic rings. The zero-order valence-electron chi connectivity index (χ0n) is 17.5. The molecule has 0 atom stereocenters. The van der Waals surface area contributed by atoms with Gasteiger partial charge >= 0.3 is 5.00 Å². The van der Waals surface area contributed by atoms with Gasteiger partial charge in [-0.25, -0.2) is 19.0 Å². The van der Waals surface area contributed by atoms with E-state index >= 15 is 0 Å². The van der Waals surface area contributed by atoms with Gasteiger partial charge in [-0.3, -0.25) is 19.9 Å². The number of fused-ring (bicyclic) bond motifs is 1. The first kappa shape index (κ1) is 21.3. The molecule has 1 aromatic carbocycles. The molecule has 4 heterocycles. The van der Waals surface area contributed by atoms with Crippen LogP contribution in [0.1, 0.15) is 15.4 Å². The highest BCUT2D eigenvalue weighted by Gasteiger charge is 2.20. The molecule has 0 saturated heterocycles. The van der Waals surface area contributed by atoms with E-state index in [1.165, 1.54) is 35.1 Å². The third kappa shape index (κ3) is 3.97. The minimum atomic E-state index is -0.556. The van der Waals surface area contributed by atoms with Gasteiger partial charge in [0.2, 0.25) is 0 Å². The Bertz CT molecular complexity index is 1550. The van der Waals surface area contributed by atoms with Crippen molar-refractivity contribution in [1.29, 1.82) is 0 Å². The Morgan fingerprint density at radius 1 is 1.09 bits per heavy atom. The fourth-order valence-corrected chi connectivity index (χ4v) is 3.94. The lowest BCUT2D eigenvalue weighted by Crippen LogP contribution is -2.12. The fraction of sp³-hybridized carbons (Fsp3) is 0.0455. The van der Waals surface area contributed by atoms with E-state index in [2.05, 4.69) is 25.4 Å². The van der Waals surface area contributed by atoms with Gasteiger partial charge in [-0.2, -0.15) is 5.10 Å². The number of halogens is 1. The van der Waals surface area contributed by atoms with Gasteiger partial charge < -0.3 is 5.32 Å². The quantitative estimate of drug-likeness (QED) is 0.292. The number of aryl methyl sites for hydroxylation is 1. The van der Waals surface area contributed by atoms with Crippen molar-refractivity contribution >= 4 is 39.1 Å². The second-order valence-corrected chi connectivity index (χ2v) is 8.27. The van der Waals surface area contributed by atoms with Gasteiger partial charge in [-0.15, -0.1) is 0 Å². The smallest absolute Gasteiger partial charge is 0.305 e. The highest BCUT2D eigenvalue weighted by molar-refractivity contribution is 7.17. The molecule has 0 fully saturated rings. The average molecular weight is 475 g/mol. The molecule has 0 unspecified atom stereocenters. The number of hydrogen-bond donors (Lipinski definition) is 1. The number of nitro groups is 1. The minimum Gasteiger partial charge on any atom is -0.305 e. The van der Waals surface area contributed by atoms with E-state index in [4.69, 9.17) is 0 Å². The molecule has 1 N–H and O–H groups in total. The molecule has 0 aliphatic carbocycles. The maximum Gasteiger partial charge on any atom is 0.324 e. The summed E-state index contributed by atoms with van der Waals surface area (Å²) in [5.41, 5.74) is 2.37. The Balaban J connectivity index is 1.63. The topological polar surface area (TPSA) is 129 Å². The number of hydrogen-bond acceptors (Lipinski definition) is 8. The van der Waals surface area contributed by atoms with Crippen LogP contribution in [-0.4, -0.2) is 35.6 Å². The van der Waals surface area contributed by atoms with Gasteiger partial charge in [-0.05, 0) is 49.4 Å². The highest BCUT2D eigenvalue weighted by atomic mass is 32.1. The summed E-state index contributed by atoms with van der Waals surface area (Å²) in [6.07, 6.45) is 3.10. The van der Waals surface area contributed by atoms with Gasteiger partial charge in [0.15, 0.2) is 11.5 Å². The van der Waals surface area contributed by atoms with Crippen LogP contribution in [0.25, 0.3) is 28.1 Å². The second-order valence-electron chi connectivity index (χ2n) is 7.20. The molecule has 0 aliphatic rings. The number of benzene rings is 1. The summed E-state index contributed by atoms with van der Waals surface area (Å²) in [5, 5.41) is 18.3. The van der Waals surface area contributed by atoms with Gasteiger partial charge in [0.1, 0.15) is 11.6 Å². The molecule has 0 saturated carbocycles. The van der Waals surface area contributed by atoms with E-state index in [0.717, 1.165) is 17.0 Å². The lowest BCUT2D eigenvalue weighted by molar-refractivity contribution is -0.380. The summed E-state index contributed by atoms with van der Waals surface area (Å²) < 4.78 is 14.9. The summed E-state index contributed by atoms with van der Waals surface area (Å²) in [6, 6.07) is 12.0. The number of anilines is 1. The molecule has 0 radical (unpaired) electrons. The monoisotopic (exact) mass is 475 g/mol. The molecular formula is C22H14FN7O3S. The Morgan fingerprint density at radius 2 is 1.88 bits per heavy atom. The predicted molar refractivity (Wildman–Crippen MR) is 124 cm³/mol. The van der Waals surface area contributed by atoms with Crippen molar-refractivity contribution in [1.82, 2.24) is 24.7 Å². The van der Waals surface area contributed by atoms with Crippen molar-refractivity contribution in [2.75, 3.05) is 5.32 Å². The molecule has 0 bridgehead atoms. The van der Waals surface area contributed by atoms with Crippen molar-refractivity contribution < 1.29 is 14.1 Å². The molecule has 12 heteroatoms. The van der Waals surface area contributed by atoms with Crippen molar-refractivity contribution in [2.24, 2.45) is 0 Å². The summed E-state index contributed by atoms with van der Waals surface area (Å²) in [5.74, 6) is -0.480. The SMILES string of the molecule is Cc1ccc(-c2nc(NC(=O)c3ccc([N+](=O)[O-])s3)c3cnn(-c4ccc(F)cc4)c3n2)cn1. The van der Waals surface area contributed by atoms with Crippen molar-refractivity contribution in [2.45, 2.75) is 6.92 Å². The summed E-state index contributed by atoms with van der Waals surface area (Å²) in [6.45, 7) is 1.85. The third-order valence-corrected chi connectivity index (χ3v) is 5.93. The summed E-state index contributed by atoms with van der Waals surface area (Å²) in [4.78, 5) is 36.8. The number of rotatable bonds is 5. The van der Waals surface area contributed by atoms with Crippen LogP contribution in [0.4, 0.5) is 15.2 Å². The molecule has 0 aliphatic heterocycles. The van der Waals surface area contributed by atoms with Crippen LogP contribution >= 0.6 is 11.3 Å². The first-order valence-corrected chi connectivity index (χ1v) is 10.7. The van der Waals surface area contributed by atoms with E-state index in [0.29, 0.717) is 22.3 Å². The van der Waals surface area contributed by atoms with Gasteiger partial charge in [0.05, 0.1) is 27.1 Å². The van der Waals surface area contributed by atoms with Crippen LogP contribution in [0.3, 0.4) is 0 Å². The van der Waals surface area contributed by atoms with E-state index in [1.54, 1.807) is 24.4 Å². The largest absolute Gasteiger partial charge is 0.324 e. The summed E-state index contributed by atoms with van der Waals surface area (Å²) >= 11 is 0.758. The normalized spacial score (nSPS) is 11.0. The molecular weight excluding hydrogens is 461 g/mol. The van der Waals surface area contributed by atoms with Gasteiger partial charge in [-0.1, -0.05) is 11.3 Å². The standard InChI is InChI=1S/C22H14FN7O3S/c1-12-2-3-13(10-24-12)19-26-20(28-22(31)17-8-9-18(34-17)30(32)33)16-11-25-29(21(16)27-19)15-6-4-14(23)5-7-15/h2-11H,1H3,(H,26,27,28,31). The molecule has 0 spiro atoms. The number of carbonyl (C=O) groups excluding carboxylic acids is 1. The third-order valence-electron chi connectivity index (χ3n) is 4.90. The van der Waals surface area contributed by atoms with E-state index < -0.39 is 10.8 Å². The van der Waals surface area contributed by atoms with E-state index in [9.17, 15) is 19.3 Å². The average Bonchev–Trinajstić information content (AvgIpc) is 3.48. The predicted octanol–water partition coefficient (Wildman–Crippen LogP) is 4.55. The lowest BCUT2D eigenvalue weighted by atomic mass is 10.2. The van der Waals surface area contributed by atoms with Crippen LogP contribution in [0.5, 0.6) is 0 Å². The fourth-order valence-electron chi connectivity index (χ4n) is 3.22. The molecule has 168 valence electrons. The van der Waals surface area contributed by atoms with Crippen LogP contribution in [0, 0.1) is 22.9 Å². The van der Waals surface area contributed by atoms with Crippen LogP contribution in [0.15, 0.2) is 60.9 Å². The zero-order valence-corrected chi connectivity index (χ0v) is 18.3. The Hall–Kier alpha value is -4.58. The number of aromatic nitrogens is 5. The Morgan fingerprint density at radius 3 is 2.56 bits per heavy atom. The Kier molecular flexibility index (Phi) is 5.26. The molecule has 5 rings (SSSR count). The Labute approximate surface area is 194 Å². The first-order valence-electron chi connectivity index (χ1n) is 9.89. The number of amides is 1. The highest BCUT2D eigenvalue weighted by Crippen LogP contribution is 2.29.